The minimum absolute atomic E-state index is 0.0351. The summed E-state index contributed by atoms with van der Waals surface area (Å²) in [4.78, 5) is 22.4. The van der Waals surface area contributed by atoms with Crippen molar-refractivity contribution in [3.8, 4) is 5.75 Å². The molecule has 1 unspecified atom stereocenters. The molecule has 4 heterocycles. The lowest BCUT2D eigenvalue weighted by Crippen LogP contribution is -2.48. The van der Waals surface area contributed by atoms with Crippen molar-refractivity contribution in [1.82, 2.24) is 19.4 Å². The summed E-state index contributed by atoms with van der Waals surface area (Å²) >= 11 is 0. The van der Waals surface area contributed by atoms with E-state index < -0.39 is 0 Å². The highest BCUT2D eigenvalue weighted by atomic mass is 16.3. The first-order valence-electron chi connectivity index (χ1n) is 10.4. The summed E-state index contributed by atoms with van der Waals surface area (Å²) in [5.41, 5.74) is 1.87. The fourth-order valence-corrected chi connectivity index (χ4v) is 4.22. The average Bonchev–Trinajstić information content (AvgIpc) is 3.28. The SMILES string of the molecule is CCN1CCN(C(c2ccncc2)c2c(O)cc(C)n(Cc3ccco3)c2=O)CC1. The van der Waals surface area contributed by atoms with Gasteiger partial charge in [-0.2, -0.15) is 0 Å². The van der Waals surface area contributed by atoms with Crippen molar-refractivity contribution in [2.24, 2.45) is 0 Å². The van der Waals surface area contributed by atoms with Crippen molar-refractivity contribution in [3.05, 3.63) is 81.9 Å². The Bertz CT molecular complexity index is 1020. The van der Waals surface area contributed by atoms with Gasteiger partial charge in [-0.3, -0.25) is 14.7 Å². The molecule has 1 atom stereocenters. The summed E-state index contributed by atoms with van der Waals surface area (Å²) in [5.74, 6) is 0.738. The summed E-state index contributed by atoms with van der Waals surface area (Å²) in [6, 6.07) is 8.85. The summed E-state index contributed by atoms with van der Waals surface area (Å²) in [7, 11) is 0. The third-order valence-electron chi connectivity index (χ3n) is 5.93. The van der Waals surface area contributed by atoms with Gasteiger partial charge >= 0.3 is 0 Å². The summed E-state index contributed by atoms with van der Waals surface area (Å²) in [5, 5.41) is 10.9. The van der Waals surface area contributed by atoms with Gasteiger partial charge in [-0.1, -0.05) is 6.92 Å². The van der Waals surface area contributed by atoms with Crippen LogP contribution in [0.2, 0.25) is 0 Å². The molecule has 0 saturated carbocycles. The maximum atomic E-state index is 13.6. The number of hydrogen-bond acceptors (Lipinski definition) is 6. The van der Waals surface area contributed by atoms with Crippen LogP contribution in [-0.4, -0.2) is 57.2 Å². The normalized spacial score (nSPS) is 16.6. The highest BCUT2D eigenvalue weighted by Crippen LogP contribution is 2.33. The van der Waals surface area contributed by atoms with Crippen LogP contribution in [0.25, 0.3) is 0 Å². The van der Waals surface area contributed by atoms with Crippen molar-refractivity contribution in [2.75, 3.05) is 32.7 Å². The Kier molecular flexibility index (Phi) is 6.01. The predicted molar refractivity (Wildman–Crippen MR) is 115 cm³/mol. The number of aromatic nitrogens is 2. The quantitative estimate of drug-likeness (QED) is 0.676. The molecule has 1 saturated heterocycles. The third-order valence-corrected chi connectivity index (χ3v) is 5.93. The van der Waals surface area contributed by atoms with E-state index in [9.17, 15) is 9.90 Å². The van der Waals surface area contributed by atoms with Crippen LogP contribution in [-0.2, 0) is 6.54 Å². The molecule has 0 amide bonds. The number of aryl methyl sites for hydroxylation is 1. The van der Waals surface area contributed by atoms with E-state index >= 15 is 0 Å². The van der Waals surface area contributed by atoms with Gasteiger partial charge < -0.3 is 19.0 Å². The van der Waals surface area contributed by atoms with Crippen LogP contribution in [0.5, 0.6) is 5.75 Å². The Balaban J connectivity index is 1.79. The van der Waals surface area contributed by atoms with E-state index in [0.717, 1.165) is 38.3 Å². The topological polar surface area (TPSA) is 74.7 Å². The standard InChI is InChI=1S/C23H28N4O3/c1-3-25-10-12-26(13-11-25)22(18-6-8-24-9-7-18)21-20(28)15-17(2)27(23(21)29)16-19-5-4-14-30-19/h4-9,14-15,22,28H,3,10-13,16H2,1-2H3. The Morgan fingerprint density at radius 2 is 1.90 bits per heavy atom. The second kappa shape index (κ2) is 8.85. The minimum atomic E-state index is -0.331. The maximum Gasteiger partial charge on any atom is 0.260 e. The molecule has 1 fully saturated rings. The van der Waals surface area contributed by atoms with Gasteiger partial charge in [0.15, 0.2) is 0 Å². The van der Waals surface area contributed by atoms with Crippen LogP contribution in [0.4, 0.5) is 0 Å². The number of piperazine rings is 1. The molecule has 0 aliphatic carbocycles. The zero-order valence-corrected chi connectivity index (χ0v) is 17.5. The van der Waals surface area contributed by atoms with Crippen molar-refractivity contribution >= 4 is 0 Å². The molecule has 7 heteroatoms. The van der Waals surface area contributed by atoms with Gasteiger partial charge in [0.1, 0.15) is 11.5 Å². The molecule has 4 rings (SSSR count). The number of hydrogen-bond donors (Lipinski definition) is 1. The number of furan rings is 1. The molecule has 0 spiro atoms. The second-order valence-electron chi connectivity index (χ2n) is 7.71. The summed E-state index contributed by atoms with van der Waals surface area (Å²) in [6.45, 7) is 8.86. The molecule has 3 aromatic rings. The van der Waals surface area contributed by atoms with E-state index in [4.69, 9.17) is 4.42 Å². The van der Waals surface area contributed by atoms with Crippen LogP contribution in [0, 0.1) is 6.92 Å². The van der Waals surface area contributed by atoms with Gasteiger partial charge in [0.05, 0.1) is 24.4 Å². The van der Waals surface area contributed by atoms with Crippen molar-refractivity contribution in [3.63, 3.8) is 0 Å². The van der Waals surface area contributed by atoms with Crippen LogP contribution >= 0.6 is 0 Å². The van der Waals surface area contributed by atoms with Gasteiger partial charge in [-0.05, 0) is 49.4 Å². The first-order valence-corrected chi connectivity index (χ1v) is 10.4. The largest absolute Gasteiger partial charge is 0.507 e. The van der Waals surface area contributed by atoms with E-state index in [-0.39, 0.29) is 17.4 Å². The Labute approximate surface area is 176 Å². The van der Waals surface area contributed by atoms with Gasteiger partial charge in [-0.25, -0.2) is 0 Å². The van der Waals surface area contributed by atoms with E-state index in [1.54, 1.807) is 29.3 Å². The van der Waals surface area contributed by atoms with E-state index in [1.165, 1.54) is 0 Å². The molecule has 158 valence electrons. The maximum absolute atomic E-state index is 13.6. The molecule has 3 aromatic heterocycles. The van der Waals surface area contributed by atoms with Crippen molar-refractivity contribution < 1.29 is 9.52 Å². The number of rotatable bonds is 6. The zero-order chi connectivity index (χ0) is 21.1. The lowest BCUT2D eigenvalue weighted by molar-refractivity contribution is 0.111. The fourth-order valence-electron chi connectivity index (χ4n) is 4.22. The summed E-state index contributed by atoms with van der Waals surface area (Å²) < 4.78 is 7.13. The van der Waals surface area contributed by atoms with Crippen LogP contribution in [0.3, 0.4) is 0 Å². The first kappa shape index (κ1) is 20.4. The molecule has 1 N–H and O–H groups in total. The molecule has 0 radical (unpaired) electrons. The molecule has 7 nitrogen and oxygen atoms in total. The average molecular weight is 409 g/mol. The number of likely N-dealkylation sites (N-methyl/N-ethyl adjacent to an activating group) is 1. The highest BCUT2D eigenvalue weighted by Gasteiger charge is 2.31. The fraction of sp³-hybridized carbons (Fsp3) is 0.391. The zero-order valence-electron chi connectivity index (χ0n) is 17.5. The molecule has 30 heavy (non-hydrogen) atoms. The number of nitrogens with zero attached hydrogens (tertiary/aromatic N) is 4. The number of pyridine rings is 2. The van der Waals surface area contributed by atoms with Gasteiger partial charge in [-0.15, -0.1) is 0 Å². The lowest BCUT2D eigenvalue weighted by Gasteiger charge is -2.39. The molecular weight excluding hydrogens is 380 g/mol. The van der Waals surface area contributed by atoms with Gasteiger partial charge in [0, 0.05) is 44.3 Å². The smallest absolute Gasteiger partial charge is 0.260 e. The highest BCUT2D eigenvalue weighted by molar-refractivity contribution is 5.40. The van der Waals surface area contributed by atoms with Crippen molar-refractivity contribution in [2.45, 2.75) is 26.4 Å². The van der Waals surface area contributed by atoms with Gasteiger partial charge in [0.25, 0.3) is 5.56 Å². The molecule has 1 aliphatic heterocycles. The van der Waals surface area contributed by atoms with E-state index in [1.807, 2.05) is 31.2 Å². The first-order chi connectivity index (χ1) is 14.6. The predicted octanol–water partition coefficient (Wildman–Crippen LogP) is 2.63. The Morgan fingerprint density at radius 1 is 1.17 bits per heavy atom. The minimum Gasteiger partial charge on any atom is -0.507 e. The van der Waals surface area contributed by atoms with Crippen LogP contribution in [0.1, 0.15) is 35.5 Å². The van der Waals surface area contributed by atoms with E-state index in [2.05, 4.69) is 21.7 Å². The molecule has 0 bridgehead atoms. The van der Waals surface area contributed by atoms with Crippen LogP contribution < -0.4 is 5.56 Å². The Morgan fingerprint density at radius 3 is 2.53 bits per heavy atom. The Hall–Kier alpha value is -2.90. The summed E-state index contributed by atoms with van der Waals surface area (Å²) in [6.07, 6.45) is 5.07. The molecule has 0 aromatic carbocycles. The molecular formula is C23H28N4O3. The van der Waals surface area contributed by atoms with E-state index in [0.29, 0.717) is 23.6 Å². The monoisotopic (exact) mass is 408 g/mol. The van der Waals surface area contributed by atoms with Crippen molar-refractivity contribution in [1.29, 1.82) is 0 Å². The lowest BCUT2D eigenvalue weighted by atomic mass is 9.96. The third kappa shape index (κ3) is 4.04. The second-order valence-corrected chi connectivity index (χ2v) is 7.71. The number of aromatic hydroxyl groups is 1. The van der Waals surface area contributed by atoms with Gasteiger partial charge in [0.2, 0.25) is 0 Å². The van der Waals surface area contributed by atoms with Crippen LogP contribution in [0.15, 0.2) is 58.2 Å². The molecule has 1 aliphatic rings.